The number of hydrogen-bond donors (Lipinski definition) is 2. The van der Waals surface area contributed by atoms with Crippen LogP contribution in [0.4, 0.5) is 0 Å². The highest BCUT2D eigenvalue weighted by Crippen LogP contribution is 2.10. The summed E-state index contributed by atoms with van der Waals surface area (Å²) in [6.45, 7) is 0. The van der Waals surface area contributed by atoms with E-state index in [1.807, 2.05) is 30.3 Å². The second-order valence-corrected chi connectivity index (χ2v) is 3.72. The van der Waals surface area contributed by atoms with Gasteiger partial charge in [0.1, 0.15) is 6.29 Å². The lowest BCUT2D eigenvalue weighted by atomic mass is 9.97. The Morgan fingerprint density at radius 1 is 1.29 bits per heavy atom. The zero-order valence-electron chi connectivity index (χ0n) is 9.37. The van der Waals surface area contributed by atoms with Crippen LogP contribution in [0.15, 0.2) is 35.3 Å². The standard InChI is InChI=1S/C12H15N3O2/c13-12(14)15-11(17)7-10(8-16)6-9-4-2-1-3-5-9/h1-5,8,10H,6-7H2,(H4,13,14,15,17). The quantitative estimate of drug-likeness (QED) is 0.432. The summed E-state index contributed by atoms with van der Waals surface area (Å²) in [4.78, 5) is 25.6. The molecule has 0 heterocycles. The Labute approximate surface area is 99.5 Å². The van der Waals surface area contributed by atoms with Gasteiger partial charge in [-0.2, -0.15) is 4.99 Å². The fraction of sp³-hybridized carbons (Fsp3) is 0.250. The molecule has 0 aliphatic carbocycles. The molecule has 1 amide bonds. The number of nitrogens with zero attached hydrogens (tertiary/aromatic N) is 1. The van der Waals surface area contributed by atoms with Crippen LogP contribution in [0.1, 0.15) is 12.0 Å². The van der Waals surface area contributed by atoms with Crippen LogP contribution in [0.5, 0.6) is 0 Å². The molecule has 0 saturated heterocycles. The molecule has 0 spiro atoms. The van der Waals surface area contributed by atoms with Crippen LogP contribution in [0.25, 0.3) is 0 Å². The summed E-state index contributed by atoms with van der Waals surface area (Å²) < 4.78 is 0. The second-order valence-electron chi connectivity index (χ2n) is 3.72. The molecule has 1 atom stereocenters. The van der Waals surface area contributed by atoms with Crippen molar-refractivity contribution >= 4 is 18.2 Å². The van der Waals surface area contributed by atoms with Crippen LogP contribution in [0.3, 0.4) is 0 Å². The first-order valence-electron chi connectivity index (χ1n) is 5.23. The minimum atomic E-state index is -0.474. The van der Waals surface area contributed by atoms with Crippen molar-refractivity contribution < 1.29 is 9.59 Å². The topological polar surface area (TPSA) is 98.5 Å². The monoisotopic (exact) mass is 233 g/mol. The highest BCUT2D eigenvalue weighted by atomic mass is 16.1. The summed E-state index contributed by atoms with van der Waals surface area (Å²) in [6.07, 6.45) is 1.29. The fourth-order valence-electron chi connectivity index (χ4n) is 1.50. The van der Waals surface area contributed by atoms with Gasteiger partial charge in [-0.1, -0.05) is 30.3 Å². The first-order valence-corrected chi connectivity index (χ1v) is 5.23. The molecule has 0 bridgehead atoms. The summed E-state index contributed by atoms with van der Waals surface area (Å²) in [7, 11) is 0. The number of amides is 1. The predicted octanol–water partition coefficient (Wildman–Crippen LogP) is 0.234. The molecular weight excluding hydrogens is 218 g/mol. The maximum absolute atomic E-state index is 11.3. The van der Waals surface area contributed by atoms with Gasteiger partial charge in [0.15, 0.2) is 5.96 Å². The van der Waals surface area contributed by atoms with E-state index in [1.165, 1.54) is 0 Å². The number of hydrogen-bond acceptors (Lipinski definition) is 2. The molecule has 4 N–H and O–H groups in total. The highest BCUT2D eigenvalue weighted by Gasteiger charge is 2.13. The smallest absolute Gasteiger partial charge is 0.249 e. The second kappa shape index (κ2) is 6.42. The van der Waals surface area contributed by atoms with Crippen molar-refractivity contribution in [2.24, 2.45) is 22.4 Å². The molecule has 0 radical (unpaired) electrons. The first kappa shape index (κ1) is 12.9. The molecule has 0 saturated carbocycles. The van der Waals surface area contributed by atoms with Crippen LogP contribution in [0, 0.1) is 5.92 Å². The summed E-state index contributed by atoms with van der Waals surface area (Å²) in [5.41, 5.74) is 11.2. The molecule has 1 aromatic carbocycles. The number of carbonyl (C=O) groups is 2. The van der Waals surface area contributed by atoms with Crippen molar-refractivity contribution in [1.82, 2.24) is 0 Å². The van der Waals surface area contributed by atoms with E-state index in [0.717, 1.165) is 11.8 Å². The molecule has 0 aliphatic heterocycles. The van der Waals surface area contributed by atoms with E-state index in [9.17, 15) is 9.59 Å². The van der Waals surface area contributed by atoms with E-state index >= 15 is 0 Å². The van der Waals surface area contributed by atoms with Crippen molar-refractivity contribution in [1.29, 1.82) is 0 Å². The van der Waals surface area contributed by atoms with Crippen molar-refractivity contribution in [3.05, 3.63) is 35.9 Å². The van der Waals surface area contributed by atoms with Gasteiger partial charge in [-0.25, -0.2) is 0 Å². The molecule has 5 heteroatoms. The number of nitrogens with two attached hydrogens (primary N) is 2. The maximum Gasteiger partial charge on any atom is 0.249 e. The molecule has 0 aromatic heterocycles. The third-order valence-corrected chi connectivity index (χ3v) is 2.22. The van der Waals surface area contributed by atoms with E-state index in [-0.39, 0.29) is 12.4 Å². The minimum Gasteiger partial charge on any atom is -0.370 e. The van der Waals surface area contributed by atoms with Crippen LogP contribution in [0.2, 0.25) is 0 Å². The minimum absolute atomic E-state index is 0.0241. The van der Waals surface area contributed by atoms with Gasteiger partial charge in [-0.05, 0) is 12.0 Å². The SMILES string of the molecule is NC(N)=NC(=O)CC(C=O)Cc1ccccc1. The largest absolute Gasteiger partial charge is 0.370 e. The van der Waals surface area contributed by atoms with E-state index in [1.54, 1.807) is 0 Å². The van der Waals surface area contributed by atoms with Gasteiger partial charge in [0.05, 0.1) is 0 Å². The van der Waals surface area contributed by atoms with Gasteiger partial charge >= 0.3 is 0 Å². The van der Waals surface area contributed by atoms with Crippen molar-refractivity contribution in [2.45, 2.75) is 12.8 Å². The zero-order valence-corrected chi connectivity index (χ0v) is 9.37. The number of guanidine groups is 1. The summed E-state index contributed by atoms with van der Waals surface area (Å²) in [6, 6.07) is 9.47. The average Bonchev–Trinajstić information content (AvgIpc) is 2.28. The number of aldehydes is 1. The molecule has 17 heavy (non-hydrogen) atoms. The molecule has 1 unspecified atom stereocenters. The Kier molecular flexibility index (Phi) is 4.87. The van der Waals surface area contributed by atoms with Crippen molar-refractivity contribution in [2.75, 3.05) is 0 Å². The van der Waals surface area contributed by atoms with Gasteiger partial charge in [0, 0.05) is 12.3 Å². The predicted molar refractivity (Wildman–Crippen MR) is 65.1 cm³/mol. The molecule has 1 rings (SSSR count). The van der Waals surface area contributed by atoms with Gasteiger partial charge in [-0.3, -0.25) is 4.79 Å². The molecular formula is C12H15N3O2. The van der Waals surface area contributed by atoms with Gasteiger partial charge < -0.3 is 16.3 Å². The maximum atomic E-state index is 11.3. The van der Waals surface area contributed by atoms with Crippen LogP contribution < -0.4 is 11.5 Å². The zero-order chi connectivity index (χ0) is 12.7. The molecule has 5 nitrogen and oxygen atoms in total. The molecule has 0 aliphatic rings. The Morgan fingerprint density at radius 3 is 2.47 bits per heavy atom. The highest BCUT2D eigenvalue weighted by molar-refractivity contribution is 5.92. The van der Waals surface area contributed by atoms with E-state index in [0.29, 0.717) is 6.42 Å². The van der Waals surface area contributed by atoms with Crippen LogP contribution in [-0.4, -0.2) is 18.2 Å². The van der Waals surface area contributed by atoms with E-state index in [2.05, 4.69) is 4.99 Å². The average molecular weight is 233 g/mol. The fourth-order valence-corrected chi connectivity index (χ4v) is 1.50. The van der Waals surface area contributed by atoms with Crippen molar-refractivity contribution in [3.8, 4) is 0 Å². The van der Waals surface area contributed by atoms with E-state index in [4.69, 9.17) is 11.5 Å². The van der Waals surface area contributed by atoms with Crippen LogP contribution in [-0.2, 0) is 16.0 Å². The number of benzene rings is 1. The third-order valence-electron chi connectivity index (χ3n) is 2.22. The normalized spacial score (nSPS) is 11.5. The number of rotatable bonds is 5. The molecule has 1 aromatic rings. The van der Waals surface area contributed by atoms with Gasteiger partial charge in [0.2, 0.25) is 5.91 Å². The Hall–Kier alpha value is -2.17. The number of carbonyl (C=O) groups excluding carboxylic acids is 2. The molecule has 0 fully saturated rings. The Bertz CT molecular complexity index is 411. The summed E-state index contributed by atoms with van der Waals surface area (Å²) in [5, 5.41) is 0. The lowest BCUT2D eigenvalue weighted by molar-refractivity contribution is -0.121. The van der Waals surface area contributed by atoms with Gasteiger partial charge in [-0.15, -0.1) is 0 Å². The third kappa shape index (κ3) is 4.92. The number of aliphatic imine (C=N–C) groups is 1. The first-order chi connectivity index (χ1) is 8.11. The van der Waals surface area contributed by atoms with Crippen molar-refractivity contribution in [3.63, 3.8) is 0 Å². The summed E-state index contributed by atoms with van der Waals surface area (Å²) in [5.74, 6) is -1.15. The molecule has 90 valence electrons. The Balaban J connectivity index is 2.58. The lowest BCUT2D eigenvalue weighted by Gasteiger charge is -2.07. The summed E-state index contributed by atoms with van der Waals surface area (Å²) >= 11 is 0. The lowest BCUT2D eigenvalue weighted by Crippen LogP contribution is -2.25. The van der Waals surface area contributed by atoms with Crippen LogP contribution >= 0.6 is 0 Å². The Morgan fingerprint density at radius 2 is 1.94 bits per heavy atom. The van der Waals surface area contributed by atoms with Gasteiger partial charge in [0.25, 0.3) is 0 Å². The van der Waals surface area contributed by atoms with E-state index < -0.39 is 11.8 Å².